The van der Waals surface area contributed by atoms with Crippen molar-refractivity contribution in [3.05, 3.63) is 99.4 Å². The molecule has 0 fully saturated rings. The molecule has 0 bridgehead atoms. The van der Waals surface area contributed by atoms with Gasteiger partial charge in [-0.25, -0.2) is 0 Å². The van der Waals surface area contributed by atoms with E-state index >= 15 is 0 Å². The fraction of sp³-hybridized carbons (Fsp3) is 0.0455. The summed E-state index contributed by atoms with van der Waals surface area (Å²) in [6.45, 7) is 0.487. The Labute approximate surface area is 161 Å². The molecule has 3 aromatic carbocycles. The maximum atomic E-state index is 12.4. The van der Waals surface area contributed by atoms with Crippen LogP contribution in [0.25, 0.3) is 6.08 Å². The molecule has 2 nitrogen and oxygen atoms in total. The van der Waals surface area contributed by atoms with Crippen molar-refractivity contribution in [2.24, 2.45) is 0 Å². The van der Waals surface area contributed by atoms with Gasteiger partial charge in [-0.15, -0.1) is 0 Å². The number of fused-ring (bicyclic) bond motifs is 1. The summed E-state index contributed by atoms with van der Waals surface area (Å²) in [6, 6.07) is 23.0. The molecule has 4 rings (SSSR count). The normalized spacial score (nSPS) is 14.5. The zero-order chi connectivity index (χ0) is 17.9. The summed E-state index contributed by atoms with van der Waals surface area (Å²) in [4.78, 5) is 14.2. The second kappa shape index (κ2) is 7.40. The molecule has 1 aliphatic rings. The topological polar surface area (TPSA) is 26.3 Å². The van der Waals surface area contributed by atoms with Gasteiger partial charge < -0.3 is 4.74 Å². The summed E-state index contributed by atoms with van der Waals surface area (Å²) in [7, 11) is 0. The van der Waals surface area contributed by atoms with Gasteiger partial charge in [0.2, 0.25) is 5.78 Å². The number of ether oxygens (including phenoxy) is 1. The lowest BCUT2D eigenvalue weighted by Crippen LogP contribution is -1.95. The number of carbonyl (C=O) groups is 1. The minimum Gasteiger partial charge on any atom is -0.489 e. The number of hydrogen-bond donors (Lipinski definition) is 0. The Balaban J connectivity index is 1.43. The van der Waals surface area contributed by atoms with Crippen molar-refractivity contribution < 1.29 is 9.53 Å². The second-order valence-corrected chi connectivity index (χ2v) is 7.44. The Hall–Kier alpha value is -2.49. The highest BCUT2D eigenvalue weighted by atomic mass is 35.5. The van der Waals surface area contributed by atoms with Crippen LogP contribution in [0.2, 0.25) is 5.02 Å². The number of halogens is 1. The molecule has 0 saturated carbocycles. The lowest BCUT2D eigenvalue weighted by molar-refractivity contribution is 0.104. The van der Waals surface area contributed by atoms with Crippen molar-refractivity contribution in [2.45, 2.75) is 11.5 Å². The quantitative estimate of drug-likeness (QED) is 0.502. The van der Waals surface area contributed by atoms with Gasteiger partial charge in [-0.1, -0.05) is 59.8 Å². The molecule has 1 aliphatic heterocycles. The zero-order valence-electron chi connectivity index (χ0n) is 13.8. The number of rotatable bonds is 4. The summed E-state index contributed by atoms with van der Waals surface area (Å²) in [5, 5.41) is 0.715. The molecule has 3 aromatic rings. The first kappa shape index (κ1) is 17.0. The predicted octanol–water partition coefficient (Wildman–Crippen LogP) is 6.25. The molecule has 0 unspecified atom stereocenters. The van der Waals surface area contributed by atoms with Crippen LogP contribution in [-0.2, 0) is 6.61 Å². The van der Waals surface area contributed by atoms with E-state index in [9.17, 15) is 4.79 Å². The number of Topliss-reactive ketones (excluding diaryl/α,β-unsaturated/α-hetero) is 1. The molecule has 0 atom stereocenters. The fourth-order valence-electron chi connectivity index (χ4n) is 2.69. The van der Waals surface area contributed by atoms with Gasteiger partial charge in [-0.2, -0.15) is 0 Å². The van der Waals surface area contributed by atoms with Gasteiger partial charge in [-0.3, -0.25) is 4.79 Å². The predicted molar refractivity (Wildman–Crippen MR) is 107 cm³/mol. The summed E-state index contributed by atoms with van der Waals surface area (Å²) in [5.41, 5.74) is 2.82. The summed E-state index contributed by atoms with van der Waals surface area (Å²) >= 11 is 7.41. The molecule has 4 heteroatoms. The lowest BCUT2D eigenvalue weighted by Gasteiger charge is -2.07. The van der Waals surface area contributed by atoms with Crippen LogP contribution in [-0.4, -0.2) is 5.78 Å². The Bertz CT molecular complexity index is 976. The monoisotopic (exact) mass is 378 g/mol. The minimum atomic E-state index is 0.0914. The number of allylic oxidation sites excluding steroid dienone is 1. The van der Waals surface area contributed by atoms with Crippen LogP contribution in [0.5, 0.6) is 5.75 Å². The van der Waals surface area contributed by atoms with Gasteiger partial charge in [0, 0.05) is 15.5 Å². The van der Waals surface area contributed by atoms with E-state index in [-0.39, 0.29) is 5.78 Å². The van der Waals surface area contributed by atoms with Crippen molar-refractivity contribution >= 4 is 35.2 Å². The van der Waals surface area contributed by atoms with E-state index in [4.69, 9.17) is 16.3 Å². The molecule has 26 heavy (non-hydrogen) atoms. The van der Waals surface area contributed by atoms with E-state index in [0.29, 0.717) is 11.6 Å². The molecule has 0 aliphatic carbocycles. The third-order valence-electron chi connectivity index (χ3n) is 4.07. The smallest absolute Gasteiger partial charge is 0.200 e. The zero-order valence-corrected chi connectivity index (χ0v) is 15.4. The van der Waals surface area contributed by atoms with E-state index in [1.165, 1.54) is 11.8 Å². The van der Waals surface area contributed by atoms with Crippen LogP contribution in [0.4, 0.5) is 0 Å². The van der Waals surface area contributed by atoms with Crippen molar-refractivity contribution in [1.29, 1.82) is 0 Å². The van der Waals surface area contributed by atoms with E-state index < -0.39 is 0 Å². The molecule has 128 valence electrons. The van der Waals surface area contributed by atoms with E-state index in [0.717, 1.165) is 32.2 Å². The molecule has 0 spiro atoms. The first-order valence-electron chi connectivity index (χ1n) is 8.20. The van der Waals surface area contributed by atoms with E-state index in [1.807, 2.05) is 78.9 Å². The average Bonchev–Trinajstić information content (AvgIpc) is 2.98. The standard InChI is InChI=1S/C22H15ClO2S/c23-17-9-5-16(6-10-17)14-25-18-11-7-15(8-12-18)13-21-22(24)19-3-1-2-4-20(19)26-21/h1-13H,14H2/b21-13-. The van der Waals surface area contributed by atoms with Gasteiger partial charge >= 0.3 is 0 Å². The molecule has 1 heterocycles. The Kier molecular flexibility index (Phi) is 4.83. The van der Waals surface area contributed by atoms with Crippen LogP contribution in [0.15, 0.2) is 82.6 Å². The molecule has 0 radical (unpaired) electrons. The highest BCUT2D eigenvalue weighted by Crippen LogP contribution is 2.40. The minimum absolute atomic E-state index is 0.0914. The SMILES string of the molecule is O=C1/C(=C/c2ccc(OCc3ccc(Cl)cc3)cc2)Sc2ccccc21. The third kappa shape index (κ3) is 3.69. The third-order valence-corrected chi connectivity index (χ3v) is 5.42. The summed E-state index contributed by atoms with van der Waals surface area (Å²) in [5.74, 6) is 0.879. The molecule has 0 N–H and O–H groups in total. The van der Waals surface area contributed by atoms with Gasteiger partial charge in [-0.05, 0) is 53.6 Å². The van der Waals surface area contributed by atoms with Crippen molar-refractivity contribution in [1.82, 2.24) is 0 Å². The van der Waals surface area contributed by atoms with Gasteiger partial charge in [0.15, 0.2) is 0 Å². The average molecular weight is 379 g/mol. The highest BCUT2D eigenvalue weighted by Gasteiger charge is 2.24. The van der Waals surface area contributed by atoms with E-state index in [1.54, 1.807) is 0 Å². The second-order valence-electron chi connectivity index (χ2n) is 5.92. The van der Waals surface area contributed by atoms with Crippen molar-refractivity contribution in [2.75, 3.05) is 0 Å². The summed E-state index contributed by atoms with van der Waals surface area (Å²) < 4.78 is 5.79. The van der Waals surface area contributed by atoms with Crippen molar-refractivity contribution in [3.8, 4) is 5.75 Å². The first-order chi connectivity index (χ1) is 12.7. The Morgan fingerprint density at radius 1 is 0.923 bits per heavy atom. The Morgan fingerprint density at radius 3 is 2.38 bits per heavy atom. The Morgan fingerprint density at radius 2 is 1.65 bits per heavy atom. The number of hydrogen-bond acceptors (Lipinski definition) is 3. The maximum absolute atomic E-state index is 12.4. The fourth-order valence-corrected chi connectivity index (χ4v) is 3.87. The number of thioether (sulfide) groups is 1. The lowest BCUT2D eigenvalue weighted by atomic mass is 10.1. The first-order valence-corrected chi connectivity index (χ1v) is 9.39. The molecule has 0 saturated heterocycles. The highest BCUT2D eigenvalue weighted by molar-refractivity contribution is 8.04. The maximum Gasteiger partial charge on any atom is 0.200 e. The van der Waals surface area contributed by atoms with Gasteiger partial charge in [0.1, 0.15) is 12.4 Å². The van der Waals surface area contributed by atoms with E-state index in [2.05, 4.69) is 0 Å². The summed E-state index contributed by atoms with van der Waals surface area (Å²) in [6.07, 6.45) is 1.93. The van der Waals surface area contributed by atoms with Crippen molar-refractivity contribution in [3.63, 3.8) is 0 Å². The van der Waals surface area contributed by atoms with Crippen LogP contribution >= 0.6 is 23.4 Å². The van der Waals surface area contributed by atoms with Crippen LogP contribution in [0.3, 0.4) is 0 Å². The van der Waals surface area contributed by atoms with Gasteiger partial charge in [0.25, 0.3) is 0 Å². The van der Waals surface area contributed by atoms with Crippen LogP contribution in [0, 0.1) is 0 Å². The molecule has 0 amide bonds. The molecular weight excluding hydrogens is 364 g/mol. The number of benzene rings is 3. The van der Waals surface area contributed by atoms with Crippen LogP contribution in [0.1, 0.15) is 21.5 Å². The number of carbonyl (C=O) groups excluding carboxylic acids is 1. The largest absolute Gasteiger partial charge is 0.489 e. The number of ketones is 1. The molecule has 0 aromatic heterocycles. The molecular formula is C22H15ClO2S. The van der Waals surface area contributed by atoms with Gasteiger partial charge in [0.05, 0.1) is 4.91 Å². The van der Waals surface area contributed by atoms with Crippen LogP contribution < -0.4 is 4.74 Å².